The topological polar surface area (TPSA) is 114 Å². The van der Waals surface area contributed by atoms with E-state index in [2.05, 4.69) is 31.2 Å². The molecule has 0 aliphatic rings. The molecule has 9 nitrogen and oxygen atoms in total. The summed E-state index contributed by atoms with van der Waals surface area (Å²) in [6.45, 7) is 5.85. The number of nitrogens with zero attached hydrogens (tertiary/aromatic N) is 3. The second kappa shape index (κ2) is 11.4. The van der Waals surface area contributed by atoms with Gasteiger partial charge in [-0.1, -0.05) is 17.4 Å². The van der Waals surface area contributed by atoms with Crippen molar-refractivity contribution in [3.05, 3.63) is 39.1 Å². The van der Waals surface area contributed by atoms with Gasteiger partial charge in [0.05, 0.1) is 28.7 Å². The third-order valence-electron chi connectivity index (χ3n) is 4.26. The Morgan fingerprint density at radius 2 is 1.97 bits per heavy atom. The van der Waals surface area contributed by atoms with Crippen LogP contribution in [0.5, 0.6) is 0 Å². The van der Waals surface area contributed by atoms with Gasteiger partial charge in [0.25, 0.3) is 5.92 Å². The Morgan fingerprint density at radius 3 is 2.47 bits per heavy atom. The number of ether oxygens (including phenoxy) is 2. The molecule has 2 rings (SSSR count). The van der Waals surface area contributed by atoms with E-state index < -0.39 is 35.4 Å². The Kier molecular flexibility index (Phi) is 9.31. The van der Waals surface area contributed by atoms with Crippen LogP contribution in [0.25, 0.3) is 0 Å². The fraction of sp³-hybridized carbons (Fsp3) is 0.524. The SMILES string of the molecule is COCc1nc(N(C[C@H](Cc2ccc(C(C)(F)F)nc2)NC(=O)OC(C)(C)C)C(=O)O)sc1Br. The minimum Gasteiger partial charge on any atom is -0.465 e. The number of nitrogens with one attached hydrogen (secondary N) is 1. The number of carboxylic acid groups (broad SMARTS) is 1. The summed E-state index contributed by atoms with van der Waals surface area (Å²) in [4.78, 5) is 33.6. The van der Waals surface area contributed by atoms with Crippen molar-refractivity contribution in [2.75, 3.05) is 18.6 Å². The summed E-state index contributed by atoms with van der Waals surface area (Å²) in [5.41, 5.74) is -0.101. The summed E-state index contributed by atoms with van der Waals surface area (Å²) in [7, 11) is 1.49. The number of methoxy groups -OCH3 is 1. The van der Waals surface area contributed by atoms with E-state index in [1.165, 1.54) is 25.4 Å². The fourth-order valence-corrected chi connectivity index (χ4v) is 4.28. The second-order valence-corrected chi connectivity index (χ2v) is 10.8. The molecule has 188 valence electrons. The predicted molar refractivity (Wildman–Crippen MR) is 127 cm³/mol. The van der Waals surface area contributed by atoms with Crippen LogP contribution in [-0.4, -0.2) is 52.6 Å². The molecule has 13 heteroatoms. The molecule has 0 fully saturated rings. The standard InChI is InChI=1S/C21H27BrF2N4O5S/c1-20(2,3)33-18(29)26-13(8-12-6-7-15(25-9-12)21(4,23)24)10-28(19(30)31)17-27-14(11-32-5)16(22)34-17/h6-7,9,13H,8,10-11H2,1-5H3,(H,26,29)(H,30,31)/t13-/m0/s1. The number of thiazole rings is 1. The molecule has 2 aromatic rings. The van der Waals surface area contributed by atoms with Crippen LogP contribution in [0.4, 0.5) is 23.5 Å². The van der Waals surface area contributed by atoms with E-state index in [1.54, 1.807) is 20.8 Å². The summed E-state index contributed by atoms with van der Waals surface area (Å²) in [5, 5.41) is 12.7. The highest BCUT2D eigenvalue weighted by molar-refractivity contribution is 9.11. The molecule has 0 aromatic carbocycles. The molecule has 0 radical (unpaired) electrons. The Hall–Kier alpha value is -2.38. The largest absolute Gasteiger partial charge is 0.465 e. The van der Waals surface area contributed by atoms with Crippen molar-refractivity contribution in [1.82, 2.24) is 15.3 Å². The number of alkyl carbamates (subject to hydrolysis) is 1. The zero-order chi connectivity index (χ0) is 25.7. The van der Waals surface area contributed by atoms with Crippen LogP contribution >= 0.6 is 27.3 Å². The average molecular weight is 565 g/mol. The Bertz CT molecular complexity index is 993. The van der Waals surface area contributed by atoms with Gasteiger partial charge in [0.1, 0.15) is 11.3 Å². The van der Waals surface area contributed by atoms with E-state index in [0.29, 0.717) is 15.0 Å². The van der Waals surface area contributed by atoms with Crippen LogP contribution < -0.4 is 10.2 Å². The number of pyridine rings is 1. The first-order chi connectivity index (χ1) is 15.7. The van der Waals surface area contributed by atoms with Crippen LogP contribution in [0, 0.1) is 0 Å². The normalized spacial score (nSPS) is 12.8. The molecule has 2 amide bonds. The van der Waals surface area contributed by atoms with Gasteiger partial charge in [-0.05, 0) is 54.8 Å². The summed E-state index contributed by atoms with van der Waals surface area (Å²) >= 11 is 4.45. The lowest BCUT2D eigenvalue weighted by Gasteiger charge is -2.26. The fourth-order valence-electron chi connectivity index (χ4n) is 2.85. The minimum absolute atomic E-state index is 0.114. The molecule has 2 heterocycles. The van der Waals surface area contributed by atoms with Crippen molar-refractivity contribution in [3.8, 4) is 0 Å². The molecule has 0 saturated carbocycles. The molecule has 0 aliphatic heterocycles. The van der Waals surface area contributed by atoms with E-state index in [0.717, 1.165) is 23.2 Å². The molecule has 0 unspecified atom stereocenters. The van der Waals surface area contributed by atoms with Crippen molar-refractivity contribution in [3.63, 3.8) is 0 Å². The van der Waals surface area contributed by atoms with E-state index in [4.69, 9.17) is 9.47 Å². The van der Waals surface area contributed by atoms with Crippen molar-refractivity contribution in [2.45, 2.75) is 58.3 Å². The predicted octanol–water partition coefficient (Wildman–Crippen LogP) is 5.18. The van der Waals surface area contributed by atoms with Crippen LogP contribution in [0.15, 0.2) is 22.1 Å². The first-order valence-electron chi connectivity index (χ1n) is 10.2. The first-order valence-corrected chi connectivity index (χ1v) is 11.8. The maximum atomic E-state index is 13.5. The smallest absolute Gasteiger partial charge is 0.413 e. The molecule has 0 bridgehead atoms. The number of aromatic nitrogens is 2. The highest BCUT2D eigenvalue weighted by atomic mass is 79.9. The average Bonchev–Trinajstić information content (AvgIpc) is 3.04. The number of carbonyl (C=O) groups excluding carboxylic acids is 1. The third-order valence-corrected chi connectivity index (χ3v) is 6.11. The zero-order valence-electron chi connectivity index (χ0n) is 19.4. The molecule has 2 N–H and O–H groups in total. The lowest BCUT2D eigenvalue weighted by Crippen LogP contribution is -2.48. The second-order valence-electron chi connectivity index (χ2n) is 8.53. The number of carbonyl (C=O) groups is 2. The number of hydrogen-bond donors (Lipinski definition) is 2. The molecular formula is C21H27BrF2N4O5S. The number of anilines is 1. The van der Waals surface area contributed by atoms with E-state index in [9.17, 15) is 23.5 Å². The number of amides is 2. The highest BCUT2D eigenvalue weighted by Crippen LogP contribution is 2.32. The molecule has 0 aliphatic carbocycles. The Balaban J connectivity index is 2.30. The van der Waals surface area contributed by atoms with Crippen LogP contribution in [-0.2, 0) is 28.4 Å². The van der Waals surface area contributed by atoms with Crippen LogP contribution in [0.3, 0.4) is 0 Å². The van der Waals surface area contributed by atoms with Gasteiger partial charge in [-0.3, -0.25) is 9.88 Å². The highest BCUT2D eigenvalue weighted by Gasteiger charge is 2.28. The maximum absolute atomic E-state index is 13.5. The van der Waals surface area contributed by atoms with Gasteiger partial charge in [-0.2, -0.15) is 8.78 Å². The lowest BCUT2D eigenvalue weighted by molar-refractivity contribution is 0.0127. The molecule has 2 aromatic heterocycles. The quantitative estimate of drug-likeness (QED) is 0.431. The number of halogens is 3. The van der Waals surface area contributed by atoms with Crippen molar-refractivity contribution < 1.29 is 33.0 Å². The molecular weight excluding hydrogens is 538 g/mol. The van der Waals surface area contributed by atoms with Gasteiger partial charge in [0, 0.05) is 20.2 Å². The van der Waals surface area contributed by atoms with Crippen molar-refractivity contribution in [1.29, 1.82) is 0 Å². The molecule has 34 heavy (non-hydrogen) atoms. The third kappa shape index (κ3) is 8.44. The zero-order valence-corrected chi connectivity index (χ0v) is 21.8. The van der Waals surface area contributed by atoms with E-state index >= 15 is 0 Å². The van der Waals surface area contributed by atoms with Crippen molar-refractivity contribution >= 4 is 44.6 Å². The molecule has 0 spiro atoms. The lowest BCUT2D eigenvalue weighted by atomic mass is 10.1. The van der Waals surface area contributed by atoms with Gasteiger partial charge >= 0.3 is 12.2 Å². The monoisotopic (exact) mass is 564 g/mol. The van der Waals surface area contributed by atoms with E-state index in [-0.39, 0.29) is 24.7 Å². The van der Waals surface area contributed by atoms with Crippen molar-refractivity contribution in [2.24, 2.45) is 0 Å². The number of hydrogen-bond acceptors (Lipinski definition) is 7. The van der Waals surface area contributed by atoms with E-state index in [1.807, 2.05) is 0 Å². The minimum atomic E-state index is -3.09. The maximum Gasteiger partial charge on any atom is 0.413 e. The Labute approximate surface area is 208 Å². The van der Waals surface area contributed by atoms with Crippen LogP contribution in [0.1, 0.15) is 44.6 Å². The Morgan fingerprint density at radius 1 is 1.29 bits per heavy atom. The number of rotatable bonds is 9. The van der Waals surface area contributed by atoms with Gasteiger partial charge in [0.2, 0.25) is 0 Å². The van der Waals surface area contributed by atoms with Gasteiger partial charge in [-0.15, -0.1) is 0 Å². The summed E-state index contributed by atoms with van der Waals surface area (Å²) in [6, 6.07) is 1.89. The molecule has 0 saturated heterocycles. The van der Waals surface area contributed by atoms with Gasteiger partial charge in [-0.25, -0.2) is 14.6 Å². The summed E-state index contributed by atoms with van der Waals surface area (Å²) in [6.07, 6.45) is -0.630. The van der Waals surface area contributed by atoms with Crippen LogP contribution in [0.2, 0.25) is 0 Å². The summed E-state index contributed by atoms with van der Waals surface area (Å²) in [5.74, 6) is -3.09. The number of alkyl halides is 2. The van der Waals surface area contributed by atoms with Gasteiger partial charge in [0.15, 0.2) is 5.13 Å². The first kappa shape index (κ1) is 27.9. The molecule has 1 atom stereocenters. The van der Waals surface area contributed by atoms with Gasteiger partial charge < -0.3 is 19.9 Å². The summed E-state index contributed by atoms with van der Waals surface area (Å²) < 4.78 is 38.0.